The van der Waals surface area contributed by atoms with Gasteiger partial charge in [0.25, 0.3) is 0 Å². The molecule has 8 heteroatoms. The van der Waals surface area contributed by atoms with Crippen LogP contribution in [-0.4, -0.2) is 33.6 Å². The maximum atomic E-state index is 5.00. The summed E-state index contributed by atoms with van der Waals surface area (Å²) in [4.78, 5) is 19.1. The van der Waals surface area contributed by atoms with Crippen LogP contribution in [-0.2, 0) is 14.1 Å². The molecular weight excluding hydrogens is 587 g/mol. The summed E-state index contributed by atoms with van der Waals surface area (Å²) >= 11 is 1.72. The molecule has 9 aromatic rings. The quantitative estimate of drug-likeness (QED) is 0.194. The molecule has 0 fully saturated rings. The lowest BCUT2D eigenvalue weighted by Gasteiger charge is -2.16. The molecule has 5 aromatic heterocycles. The first-order chi connectivity index (χ1) is 22.6. The van der Waals surface area contributed by atoms with Gasteiger partial charge in [-0.25, -0.2) is 15.0 Å². The Morgan fingerprint density at radius 3 is 2.15 bits per heavy atom. The van der Waals surface area contributed by atoms with Crippen molar-refractivity contribution in [3.63, 3.8) is 0 Å². The van der Waals surface area contributed by atoms with Gasteiger partial charge < -0.3 is 13.7 Å². The molecule has 220 valence electrons. The zero-order chi connectivity index (χ0) is 30.8. The van der Waals surface area contributed by atoms with E-state index in [2.05, 4.69) is 103 Å². The third-order valence-corrected chi connectivity index (χ3v) is 9.73. The normalized spacial score (nSPS) is 11.7. The predicted molar refractivity (Wildman–Crippen MR) is 187 cm³/mol. The minimum absolute atomic E-state index is 0.893. The number of hydrogen-bond donors (Lipinski definition) is 0. The Hall–Kier alpha value is -5.86. The van der Waals surface area contributed by atoms with Gasteiger partial charge in [-0.3, -0.25) is 4.98 Å². The highest BCUT2D eigenvalue weighted by Gasteiger charge is 2.21. The number of rotatable bonds is 5. The minimum Gasteiger partial charge on any atom is -0.334 e. The summed E-state index contributed by atoms with van der Waals surface area (Å²) in [5, 5.41) is 3.31. The predicted octanol–water partition coefficient (Wildman–Crippen LogP) is 8.92. The number of aromatic nitrogens is 7. The monoisotopic (exact) mass is 613 g/mol. The lowest BCUT2D eigenvalue weighted by molar-refractivity contribution is 0.922. The van der Waals surface area contributed by atoms with Gasteiger partial charge in [0.05, 0.1) is 32.6 Å². The third-order valence-electron chi connectivity index (χ3n) is 8.65. The average molecular weight is 614 g/mol. The first kappa shape index (κ1) is 26.5. The lowest BCUT2D eigenvalue weighted by atomic mass is 10.0. The lowest BCUT2D eigenvalue weighted by Crippen LogP contribution is -2.01. The molecule has 0 aliphatic carbocycles. The fraction of sp³-hybridized carbons (Fsp3) is 0.0526. The topological polar surface area (TPSA) is 66.3 Å². The molecule has 0 N–H and O–H groups in total. The molecule has 0 radical (unpaired) electrons. The molecule has 0 amide bonds. The molecule has 0 spiro atoms. The van der Waals surface area contributed by atoms with Crippen LogP contribution in [0.3, 0.4) is 0 Å². The highest BCUT2D eigenvalue weighted by atomic mass is 32.1. The molecule has 0 unspecified atom stereocenters. The number of fused-ring (bicyclic) bond motifs is 4. The van der Waals surface area contributed by atoms with Crippen molar-refractivity contribution in [2.24, 2.45) is 14.1 Å². The molecule has 46 heavy (non-hydrogen) atoms. The van der Waals surface area contributed by atoms with Gasteiger partial charge in [0.2, 0.25) is 0 Å². The molecular formula is C38H27N7S. The Labute approximate surface area is 268 Å². The van der Waals surface area contributed by atoms with Crippen LogP contribution < -0.4 is 0 Å². The Balaban J connectivity index is 1.37. The van der Waals surface area contributed by atoms with E-state index in [9.17, 15) is 0 Å². The number of benzene rings is 4. The van der Waals surface area contributed by atoms with E-state index in [1.165, 1.54) is 4.70 Å². The van der Waals surface area contributed by atoms with Crippen LogP contribution in [0.25, 0.3) is 82.3 Å². The van der Waals surface area contributed by atoms with Crippen LogP contribution in [0, 0.1) is 0 Å². The fourth-order valence-electron chi connectivity index (χ4n) is 6.42. The van der Waals surface area contributed by atoms with Crippen LogP contribution in [0.2, 0.25) is 0 Å². The fourth-order valence-corrected chi connectivity index (χ4v) is 7.38. The van der Waals surface area contributed by atoms with E-state index in [4.69, 9.17) is 9.97 Å². The van der Waals surface area contributed by atoms with E-state index in [1.807, 2.05) is 63.3 Å². The Kier molecular flexibility index (Phi) is 5.97. The molecule has 7 nitrogen and oxygen atoms in total. The van der Waals surface area contributed by atoms with Crippen LogP contribution in [0.15, 0.2) is 128 Å². The van der Waals surface area contributed by atoms with Gasteiger partial charge in [-0.2, -0.15) is 0 Å². The van der Waals surface area contributed by atoms with Gasteiger partial charge in [-0.1, -0.05) is 36.4 Å². The van der Waals surface area contributed by atoms with Crippen molar-refractivity contribution in [3.8, 4) is 50.3 Å². The van der Waals surface area contributed by atoms with Crippen LogP contribution in [0.5, 0.6) is 0 Å². The van der Waals surface area contributed by atoms with Gasteiger partial charge in [0.1, 0.15) is 16.7 Å². The second-order valence-electron chi connectivity index (χ2n) is 11.5. The van der Waals surface area contributed by atoms with Crippen molar-refractivity contribution in [3.05, 3.63) is 128 Å². The second-order valence-corrected chi connectivity index (χ2v) is 12.5. The summed E-state index contributed by atoms with van der Waals surface area (Å²) in [6.45, 7) is 0. The molecule has 5 heterocycles. The summed E-state index contributed by atoms with van der Waals surface area (Å²) in [5.41, 5.74) is 9.39. The van der Waals surface area contributed by atoms with Crippen LogP contribution >= 0.6 is 11.3 Å². The molecule has 0 atom stereocenters. The Morgan fingerprint density at radius 2 is 1.37 bits per heavy atom. The van der Waals surface area contributed by atoms with E-state index in [-0.39, 0.29) is 0 Å². The zero-order valence-electron chi connectivity index (χ0n) is 25.2. The zero-order valence-corrected chi connectivity index (χ0v) is 26.0. The highest BCUT2D eigenvalue weighted by molar-refractivity contribution is 7.21. The van der Waals surface area contributed by atoms with E-state index >= 15 is 0 Å². The number of nitrogens with zero attached hydrogens (tertiary/aromatic N) is 7. The first-order valence-electron chi connectivity index (χ1n) is 15.1. The Bertz CT molecular complexity index is 2530. The van der Waals surface area contributed by atoms with Gasteiger partial charge in [0.15, 0.2) is 0 Å². The number of thiazole rings is 1. The highest BCUT2D eigenvalue weighted by Crippen LogP contribution is 2.41. The van der Waals surface area contributed by atoms with E-state index < -0.39 is 0 Å². The second kappa shape index (κ2) is 10.4. The van der Waals surface area contributed by atoms with E-state index in [0.29, 0.717) is 0 Å². The summed E-state index contributed by atoms with van der Waals surface area (Å²) < 4.78 is 7.68. The van der Waals surface area contributed by atoms with Gasteiger partial charge in [0, 0.05) is 78.1 Å². The van der Waals surface area contributed by atoms with Gasteiger partial charge in [-0.15, -0.1) is 11.3 Å². The van der Waals surface area contributed by atoms with Crippen LogP contribution in [0.4, 0.5) is 0 Å². The summed E-state index contributed by atoms with van der Waals surface area (Å²) in [5.74, 6) is 1.82. The number of para-hydroxylation sites is 1. The number of aryl methyl sites for hydroxylation is 2. The number of imidazole rings is 2. The summed E-state index contributed by atoms with van der Waals surface area (Å²) in [6, 6.07) is 34.2. The van der Waals surface area contributed by atoms with E-state index in [0.717, 1.165) is 77.6 Å². The molecule has 0 saturated heterocycles. The largest absolute Gasteiger partial charge is 0.334 e. The SMILES string of the molecule is Cn1ccnc1-c1ccc2c(c1)c1ccc(-c3nc4ccccc4s3)cc1n2-c1cc(-c2ccccn2)ccc1-c1nccn1C. The Morgan fingerprint density at radius 1 is 0.587 bits per heavy atom. The molecule has 0 bridgehead atoms. The van der Waals surface area contributed by atoms with E-state index in [1.54, 1.807) is 11.3 Å². The molecule has 0 aliphatic rings. The van der Waals surface area contributed by atoms with Crippen molar-refractivity contribution in [2.75, 3.05) is 0 Å². The summed E-state index contributed by atoms with van der Waals surface area (Å²) in [6.07, 6.45) is 9.50. The van der Waals surface area contributed by atoms with Crippen molar-refractivity contribution >= 4 is 43.4 Å². The van der Waals surface area contributed by atoms with Crippen molar-refractivity contribution < 1.29 is 0 Å². The maximum absolute atomic E-state index is 5.00. The number of pyridine rings is 1. The minimum atomic E-state index is 0.893. The van der Waals surface area contributed by atoms with Crippen molar-refractivity contribution in [1.29, 1.82) is 0 Å². The first-order valence-corrected chi connectivity index (χ1v) is 15.9. The standard InChI is InChI=1S/C38H27N7S/c1-43-19-17-40-36(43)25-12-15-32-29(21-25)27-13-11-26(38-42-31-8-3-4-9-35(31)46-38)23-33(27)45(32)34-22-24(30-7-5-6-16-39-30)10-14-28(34)37-41-18-20-44(37)2/h3-23H,1-2H3. The third kappa shape index (κ3) is 4.18. The average Bonchev–Trinajstić information content (AvgIpc) is 3.89. The summed E-state index contributed by atoms with van der Waals surface area (Å²) in [7, 11) is 4.07. The van der Waals surface area contributed by atoms with Crippen LogP contribution in [0.1, 0.15) is 0 Å². The molecule has 0 saturated carbocycles. The maximum Gasteiger partial charge on any atom is 0.141 e. The molecule has 9 rings (SSSR count). The van der Waals surface area contributed by atoms with Gasteiger partial charge >= 0.3 is 0 Å². The van der Waals surface area contributed by atoms with Crippen molar-refractivity contribution in [2.45, 2.75) is 0 Å². The van der Waals surface area contributed by atoms with Gasteiger partial charge in [-0.05, 0) is 60.7 Å². The van der Waals surface area contributed by atoms with Crippen molar-refractivity contribution in [1.82, 2.24) is 33.6 Å². The molecule has 0 aliphatic heterocycles. The smallest absolute Gasteiger partial charge is 0.141 e. The number of hydrogen-bond acceptors (Lipinski definition) is 5. The molecule has 4 aromatic carbocycles.